The predicted octanol–water partition coefficient (Wildman–Crippen LogP) is 3.66. The van der Waals surface area contributed by atoms with Gasteiger partial charge in [-0.3, -0.25) is 4.98 Å². The number of aromatic nitrogens is 3. The molecule has 0 atom stereocenters. The molecule has 22 heavy (non-hydrogen) atoms. The van der Waals surface area contributed by atoms with Gasteiger partial charge in [0.25, 0.3) is 0 Å². The molecular formula is C17H17N3O2. The van der Waals surface area contributed by atoms with Crippen LogP contribution in [0, 0.1) is 0 Å². The van der Waals surface area contributed by atoms with Gasteiger partial charge in [0.1, 0.15) is 12.4 Å². The van der Waals surface area contributed by atoms with Gasteiger partial charge in [-0.15, -0.1) is 10.2 Å². The molecule has 0 unspecified atom stereocenters. The van der Waals surface area contributed by atoms with Crippen molar-refractivity contribution in [1.29, 1.82) is 0 Å². The van der Waals surface area contributed by atoms with Crippen LogP contribution in [-0.2, 0) is 13.0 Å². The summed E-state index contributed by atoms with van der Waals surface area (Å²) in [7, 11) is 0. The van der Waals surface area contributed by atoms with Crippen molar-refractivity contribution in [3.05, 3.63) is 60.2 Å². The van der Waals surface area contributed by atoms with Crippen molar-refractivity contribution in [3.8, 4) is 17.2 Å². The third-order valence-corrected chi connectivity index (χ3v) is 3.14. The lowest BCUT2D eigenvalue weighted by Gasteiger charge is -2.05. The Hall–Kier alpha value is -2.69. The zero-order valence-corrected chi connectivity index (χ0v) is 12.4. The quantitative estimate of drug-likeness (QED) is 0.694. The number of aryl methyl sites for hydroxylation is 1. The summed E-state index contributed by atoms with van der Waals surface area (Å²) in [6.07, 6.45) is 3.55. The van der Waals surface area contributed by atoms with Crippen LogP contribution in [0.3, 0.4) is 0 Å². The van der Waals surface area contributed by atoms with Gasteiger partial charge in [0.05, 0.1) is 5.69 Å². The first-order chi connectivity index (χ1) is 10.8. The molecule has 0 N–H and O–H groups in total. The van der Waals surface area contributed by atoms with Crippen LogP contribution in [0.2, 0.25) is 0 Å². The number of rotatable bonds is 6. The summed E-state index contributed by atoms with van der Waals surface area (Å²) in [6, 6.07) is 13.4. The molecule has 0 aliphatic carbocycles. The van der Waals surface area contributed by atoms with Gasteiger partial charge in [-0.2, -0.15) is 0 Å². The topological polar surface area (TPSA) is 61.0 Å². The zero-order chi connectivity index (χ0) is 15.2. The van der Waals surface area contributed by atoms with Gasteiger partial charge >= 0.3 is 0 Å². The third kappa shape index (κ3) is 3.49. The van der Waals surface area contributed by atoms with Crippen LogP contribution < -0.4 is 4.74 Å². The molecule has 5 nitrogen and oxygen atoms in total. The Bertz CT molecular complexity index is 708. The summed E-state index contributed by atoms with van der Waals surface area (Å²) < 4.78 is 11.3. The van der Waals surface area contributed by atoms with Crippen molar-refractivity contribution >= 4 is 0 Å². The maximum Gasteiger partial charge on any atom is 0.247 e. The van der Waals surface area contributed by atoms with E-state index in [0.29, 0.717) is 18.4 Å². The molecule has 1 aromatic carbocycles. The Morgan fingerprint density at radius 1 is 1.05 bits per heavy atom. The lowest BCUT2D eigenvalue weighted by atomic mass is 10.2. The monoisotopic (exact) mass is 295 g/mol. The minimum absolute atomic E-state index is 0.446. The fourth-order valence-electron chi connectivity index (χ4n) is 2.02. The van der Waals surface area contributed by atoms with Crippen molar-refractivity contribution in [2.45, 2.75) is 26.4 Å². The normalized spacial score (nSPS) is 10.6. The zero-order valence-electron chi connectivity index (χ0n) is 12.4. The molecule has 0 bridgehead atoms. The van der Waals surface area contributed by atoms with Crippen LogP contribution in [0.25, 0.3) is 11.5 Å². The summed E-state index contributed by atoms with van der Waals surface area (Å²) in [5.74, 6) is 2.00. The summed E-state index contributed by atoms with van der Waals surface area (Å²) in [4.78, 5) is 4.22. The fourth-order valence-corrected chi connectivity index (χ4v) is 2.02. The lowest BCUT2D eigenvalue weighted by molar-refractivity contribution is 0.301. The fraction of sp³-hybridized carbons (Fsp3) is 0.235. The standard InChI is InChI=1S/C17H17N3O2/c1-2-5-16-19-20-17(22-16)13-7-9-15(10-8-13)21-12-14-6-3-4-11-18-14/h3-4,6-11H,2,5,12H2,1H3. The highest BCUT2D eigenvalue weighted by molar-refractivity contribution is 5.53. The van der Waals surface area contributed by atoms with Gasteiger partial charge in [0.2, 0.25) is 11.8 Å². The Labute approximate surface area is 129 Å². The molecular weight excluding hydrogens is 278 g/mol. The molecule has 5 heteroatoms. The minimum atomic E-state index is 0.446. The van der Waals surface area contributed by atoms with Gasteiger partial charge in [-0.1, -0.05) is 13.0 Å². The first kappa shape index (κ1) is 14.3. The molecule has 0 aliphatic rings. The van der Waals surface area contributed by atoms with Gasteiger partial charge in [0.15, 0.2) is 0 Å². The van der Waals surface area contributed by atoms with E-state index in [1.54, 1.807) is 6.20 Å². The Morgan fingerprint density at radius 3 is 2.64 bits per heavy atom. The average molecular weight is 295 g/mol. The van der Waals surface area contributed by atoms with E-state index in [-0.39, 0.29) is 0 Å². The van der Waals surface area contributed by atoms with Crippen LogP contribution in [0.5, 0.6) is 5.75 Å². The van der Waals surface area contributed by atoms with Gasteiger partial charge < -0.3 is 9.15 Å². The minimum Gasteiger partial charge on any atom is -0.487 e. The van der Waals surface area contributed by atoms with E-state index in [1.807, 2.05) is 42.5 Å². The summed E-state index contributed by atoms with van der Waals surface area (Å²) in [5.41, 5.74) is 1.78. The number of nitrogens with zero attached hydrogens (tertiary/aromatic N) is 3. The van der Waals surface area contributed by atoms with Gasteiger partial charge in [0, 0.05) is 18.2 Å². The van der Waals surface area contributed by atoms with Crippen LogP contribution in [0.1, 0.15) is 24.9 Å². The van der Waals surface area contributed by atoms with E-state index >= 15 is 0 Å². The molecule has 3 rings (SSSR count). The highest BCUT2D eigenvalue weighted by Gasteiger charge is 2.08. The number of ether oxygens (including phenoxy) is 1. The molecule has 2 heterocycles. The molecule has 0 amide bonds. The second kappa shape index (κ2) is 6.85. The van der Waals surface area contributed by atoms with Crippen molar-refractivity contribution in [2.75, 3.05) is 0 Å². The molecule has 3 aromatic rings. The molecule has 0 fully saturated rings. The largest absolute Gasteiger partial charge is 0.487 e. The maximum absolute atomic E-state index is 5.70. The highest BCUT2D eigenvalue weighted by atomic mass is 16.5. The van der Waals surface area contributed by atoms with E-state index in [2.05, 4.69) is 22.1 Å². The van der Waals surface area contributed by atoms with E-state index in [4.69, 9.17) is 9.15 Å². The van der Waals surface area contributed by atoms with Crippen molar-refractivity contribution in [1.82, 2.24) is 15.2 Å². The van der Waals surface area contributed by atoms with Crippen LogP contribution in [-0.4, -0.2) is 15.2 Å². The third-order valence-electron chi connectivity index (χ3n) is 3.14. The number of hydrogen-bond donors (Lipinski definition) is 0. The van der Waals surface area contributed by atoms with E-state index in [9.17, 15) is 0 Å². The second-order valence-corrected chi connectivity index (χ2v) is 4.89. The molecule has 0 radical (unpaired) electrons. The highest BCUT2D eigenvalue weighted by Crippen LogP contribution is 2.22. The van der Waals surface area contributed by atoms with E-state index in [0.717, 1.165) is 29.8 Å². The molecule has 0 aliphatic heterocycles. The second-order valence-electron chi connectivity index (χ2n) is 4.89. The molecule has 0 saturated carbocycles. The van der Waals surface area contributed by atoms with Gasteiger partial charge in [-0.05, 0) is 42.8 Å². The van der Waals surface area contributed by atoms with E-state index < -0.39 is 0 Å². The summed E-state index contributed by atoms with van der Waals surface area (Å²) >= 11 is 0. The first-order valence-corrected chi connectivity index (χ1v) is 7.30. The molecule has 2 aromatic heterocycles. The van der Waals surface area contributed by atoms with Crippen LogP contribution in [0.4, 0.5) is 0 Å². The summed E-state index contributed by atoms with van der Waals surface area (Å²) in [5, 5.41) is 8.09. The Morgan fingerprint density at radius 2 is 1.91 bits per heavy atom. The van der Waals surface area contributed by atoms with Crippen molar-refractivity contribution < 1.29 is 9.15 Å². The molecule has 0 saturated heterocycles. The molecule has 112 valence electrons. The SMILES string of the molecule is CCCc1nnc(-c2ccc(OCc3ccccn3)cc2)o1. The van der Waals surface area contributed by atoms with Crippen molar-refractivity contribution in [3.63, 3.8) is 0 Å². The lowest BCUT2D eigenvalue weighted by Crippen LogP contribution is -1.97. The van der Waals surface area contributed by atoms with Crippen LogP contribution >= 0.6 is 0 Å². The smallest absolute Gasteiger partial charge is 0.247 e. The van der Waals surface area contributed by atoms with Crippen molar-refractivity contribution in [2.24, 2.45) is 0 Å². The average Bonchev–Trinajstić information content (AvgIpc) is 3.03. The summed E-state index contributed by atoms with van der Waals surface area (Å²) in [6.45, 7) is 2.53. The van der Waals surface area contributed by atoms with E-state index in [1.165, 1.54) is 0 Å². The number of pyridine rings is 1. The van der Waals surface area contributed by atoms with Crippen LogP contribution in [0.15, 0.2) is 53.1 Å². The van der Waals surface area contributed by atoms with Gasteiger partial charge in [-0.25, -0.2) is 0 Å². The number of hydrogen-bond acceptors (Lipinski definition) is 5. The first-order valence-electron chi connectivity index (χ1n) is 7.30. The maximum atomic E-state index is 5.70. The Kier molecular flexibility index (Phi) is 4.44. The molecule has 0 spiro atoms. The number of benzene rings is 1. The Balaban J connectivity index is 1.64. The predicted molar refractivity (Wildman–Crippen MR) is 82.3 cm³/mol.